The summed E-state index contributed by atoms with van der Waals surface area (Å²) in [6.07, 6.45) is 2.13. The van der Waals surface area contributed by atoms with Crippen LogP contribution in [0.25, 0.3) is 0 Å². The first-order valence-electron chi connectivity index (χ1n) is 7.30. The number of likely N-dealkylation sites (tertiary alicyclic amines) is 1. The molecular weight excluding hydrogens is 270 g/mol. The number of carbonyl (C=O) groups excluding carboxylic acids is 1. The third-order valence-electron chi connectivity index (χ3n) is 4.42. The number of carbonyl (C=O) groups is 2. The smallest absolute Gasteiger partial charge is 0.410 e. The molecule has 0 aliphatic carbocycles. The van der Waals surface area contributed by atoms with Gasteiger partial charge in [0.1, 0.15) is 5.60 Å². The fourth-order valence-electron chi connectivity index (χ4n) is 2.73. The van der Waals surface area contributed by atoms with Gasteiger partial charge in [0.25, 0.3) is 0 Å². The van der Waals surface area contributed by atoms with Crippen LogP contribution in [0.4, 0.5) is 4.79 Å². The molecule has 0 bridgehead atoms. The molecule has 1 amide bonds. The van der Waals surface area contributed by atoms with Crippen LogP contribution < -0.4 is 0 Å². The van der Waals surface area contributed by atoms with E-state index in [1.54, 1.807) is 11.0 Å². The molecule has 1 aliphatic heterocycles. The van der Waals surface area contributed by atoms with Gasteiger partial charge >= 0.3 is 12.1 Å². The molecule has 1 aliphatic rings. The van der Waals surface area contributed by atoms with E-state index in [1.807, 2.05) is 34.6 Å². The predicted molar refractivity (Wildman–Crippen MR) is 81.1 cm³/mol. The van der Waals surface area contributed by atoms with E-state index in [-0.39, 0.29) is 6.09 Å². The standard InChI is InChI=1S/C16H27NO4/c1-7-15(5,6)16(12(18)19)8-10-17(11-9-16)13(20)21-14(2,3)4/h7H,1,8-11H2,2-6H3,(H,18,19). The first-order valence-corrected chi connectivity index (χ1v) is 7.30. The molecule has 0 aromatic rings. The van der Waals surface area contributed by atoms with Crippen molar-refractivity contribution in [3.63, 3.8) is 0 Å². The average Bonchev–Trinajstić information content (AvgIpc) is 2.36. The molecule has 5 nitrogen and oxygen atoms in total. The lowest BCUT2D eigenvalue weighted by atomic mass is 9.60. The van der Waals surface area contributed by atoms with Crippen molar-refractivity contribution < 1.29 is 19.4 Å². The van der Waals surface area contributed by atoms with Crippen molar-refractivity contribution in [1.82, 2.24) is 4.90 Å². The topological polar surface area (TPSA) is 66.8 Å². The van der Waals surface area contributed by atoms with Crippen LogP contribution in [0, 0.1) is 10.8 Å². The second-order valence-corrected chi connectivity index (χ2v) is 7.28. The Morgan fingerprint density at radius 3 is 2.00 bits per heavy atom. The Morgan fingerprint density at radius 2 is 1.67 bits per heavy atom. The van der Waals surface area contributed by atoms with Crippen molar-refractivity contribution in [3.8, 4) is 0 Å². The molecule has 0 spiro atoms. The summed E-state index contributed by atoms with van der Waals surface area (Å²) in [7, 11) is 0. The third-order valence-corrected chi connectivity index (χ3v) is 4.42. The molecule has 0 aromatic heterocycles. The highest BCUT2D eigenvalue weighted by Crippen LogP contribution is 2.48. The number of ether oxygens (including phenoxy) is 1. The van der Waals surface area contributed by atoms with Crippen molar-refractivity contribution in [2.45, 2.75) is 53.1 Å². The van der Waals surface area contributed by atoms with E-state index in [0.29, 0.717) is 25.9 Å². The SMILES string of the molecule is C=CC(C)(C)C1(C(=O)O)CCN(C(=O)OC(C)(C)C)CC1. The van der Waals surface area contributed by atoms with E-state index in [1.165, 1.54) is 0 Å². The fourth-order valence-corrected chi connectivity index (χ4v) is 2.73. The van der Waals surface area contributed by atoms with Gasteiger partial charge in [-0.1, -0.05) is 19.9 Å². The monoisotopic (exact) mass is 297 g/mol. The van der Waals surface area contributed by atoms with Crippen molar-refractivity contribution in [1.29, 1.82) is 0 Å². The largest absolute Gasteiger partial charge is 0.481 e. The van der Waals surface area contributed by atoms with Crippen LogP contribution in [-0.2, 0) is 9.53 Å². The number of rotatable bonds is 3. The highest BCUT2D eigenvalue weighted by atomic mass is 16.6. The van der Waals surface area contributed by atoms with Gasteiger partial charge in [-0.2, -0.15) is 0 Å². The van der Waals surface area contributed by atoms with Crippen LogP contribution in [0.2, 0.25) is 0 Å². The minimum Gasteiger partial charge on any atom is -0.481 e. The molecule has 1 fully saturated rings. The van der Waals surface area contributed by atoms with Crippen LogP contribution in [0.15, 0.2) is 12.7 Å². The summed E-state index contributed by atoms with van der Waals surface area (Å²) in [5, 5.41) is 9.68. The summed E-state index contributed by atoms with van der Waals surface area (Å²) in [4.78, 5) is 25.4. The highest BCUT2D eigenvalue weighted by Gasteiger charge is 2.52. The molecule has 21 heavy (non-hydrogen) atoms. The molecular formula is C16H27NO4. The summed E-state index contributed by atoms with van der Waals surface area (Å²) >= 11 is 0. The van der Waals surface area contributed by atoms with Crippen LogP contribution >= 0.6 is 0 Å². The van der Waals surface area contributed by atoms with E-state index in [0.717, 1.165) is 0 Å². The maximum absolute atomic E-state index is 12.0. The van der Waals surface area contributed by atoms with Crippen LogP contribution in [0.1, 0.15) is 47.5 Å². The molecule has 0 unspecified atom stereocenters. The third kappa shape index (κ3) is 3.57. The molecule has 0 saturated carbocycles. The van der Waals surface area contributed by atoms with Crippen molar-refractivity contribution in [3.05, 3.63) is 12.7 Å². The molecule has 0 aromatic carbocycles. The van der Waals surface area contributed by atoms with Crippen LogP contribution in [0.3, 0.4) is 0 Å². The van der Waals surface area contributed by atoms with Crippen LogP contribution in [0.5, 0.6) is 0 Å². The molecule has 1 N–H and O–H groups in total. The Morgan fingerprint density at radius 1 is 1.19 bits per heavy atom. The van der Waals surface area contributed by atoms with Gasteiger partial charge in [-0.15, -0.1) is 6.58 Å². The summed E-state index contributed by atoms with van der Waals surface area (Å²) in [5.41, 5.74) is -1.95. The minimum atomic E-state index is -0.882. The molecule has 1 heterocycles. The van der Waals surface area contributed by atoms with Gasteiger partial charge in [0, 0.05) is 13.1 Å². The number of aliphatic carboxylic acids is 1. The number of carboxylic acid groups (broad SMARTS) is 1. The second-order valence-electron chi connectivity index (χ2n) is 7.28. The van der Waals surface area contributed by atoms with Gasteiger partial charge in [-0.3, -0.25) is 4.79 Å². The Labute approximate surface area is 127 Å². The zero-order valence-corrected chi connectivity index (χ0v) is 13.7. The van der Waals surface area contributed by atoms with E-state index >= 15 is 0 Å². The van der Waals surface area contributed by atoms with Crippen molar-refractivity contribution in [2.24, 2.45) is 10.8 Å². The molecule has 1 saturated heterocycles. The lowest BCUT2D eigenvalue weighted by molar-refractivity contribution is -0.159. The Bertz CT molecular complexity index is 426. The zero-order valence-electron chi connectivity index (χ0n) is 13.7. The molecule has 0 atom stereocenters. The Hall–Kier alpha value is -1.52. The second kappa shape index (κ2) is 5.70. The van der Waals surface area contributed by atoms with Gasteiger partial charge in [0.2, 0.25) is 0 Å². The molecule has 1 rings (SSSR count). The normalized spacial score (nSPS) is 19.0. The highest BCUT2D eigenvalue weighted by molar-refractivity contribution is 5.77. The van der Waals surface area contributed by atoms with Gasteiger partial charge in [0.05, 0.1) is 5.41 Å². The van der Waals surface area contributed by atoms with Crippen molar-refractivity contribution >= 4 is 12.1 Å². The van der Waals surface area contributed by atoms with Crippen LogP contribution in [-0.4, -0.2) is 40.8 Å². The summed E-state index contributed by atoms with van der Waals surface area (Å²) in [5.74, 6) is -0.823. The Balaban J connectivity index is 2.83. The average molecular weight is 297 g/mol. The summed E-state index contributed by atoms with van der Waals surface area (Å²) < 4.78 is 5.34. The van der Waals surface area contributed by atoms with Gasteiger partial charge in [-0.25, -0.2) is 4.79 Å². The lowest BCUT2D eigenvalue weighted by Crippen LogP contribution is -2.53. The summed E-state index contributed by atoms with van der Waals surface area (Å²) in [6.45, 7) is 13.8. The van der Waals surface area contributed by atoms with E-state index < -0.39 is 22.4 Å². The number of amides is 1. The number of hydrogen-bond donors (Lipinski definition) is 1. The van der Waals surface area contributed by atoms with Gasteiger partial charge < -0.3 is 14.7 Å². The van der Waals surface area contributed by atoms with E-state index in [9.17, 15) is 14.7 Å². The zero-order chi connectivity index (χ0) is 16.5. The summed E-state index contributed by atoms with van der Waals surface area (Å²) in [6, 6.07) is 0. The first kappa shape index (κ1) is 17.5. The number of carboxylic acids is 1. The number of hydrogen-bond acceptors (Lipinski definition) is 3. The van der Waals surface area contributed by atoms with Gasteiger partial charge in [0.15, 0.2) is 0 Å². The quantitative estimate of drug-likeness (QED) is 0.812. The first-order chi connectivity index (χ1) is 9.45. The van der Waals surface area contributed by atoms with Gasteiger partial charge in [-0.05, 0) is 39.0 Å². The van der Waals surface area contributed by atoms with E-state index in [4.69, 9.17) is 4.74 Å². The number of nitrogens with zero attached hydrogens (tertiary/aromatic N) is 1. The number of allylic oxidation sites excluding steroid dienone is 1. The minimum absolute atomic E-state index is 0.377. The molecule has 0 radical (unpaired) electrons. The molecule has 5 heteroatoms. The predicted octanol–water partition coefficient (Wildman–Crippen LogP) is 3.30. The Kier molecular flexibility index (Phi) is 4.76. The maximum Gasteiger partial charge on any atom is 0.410 e. The number of piperidine rings is 1. The fraction of sp³-hybridized carbons (Fsp3) is 0.750. The maximum atomic E-state index is 12.0. The van der Waals surface area contributed by atoms with Crippen molar-refractivity contribution in [2.75, 3.05) is 13.1 Å². The molecule has 120 valence electrons. The van der Waals surface area contributed by atoms with E-state index in [2.05, 4.69) is 6.58 Å². The lowest BCUT2D eigenvalue weighted by Gasteiger charge is -2.47.